The molecule has 8 heteroatoms. The second-order valence-corrected chi connectivity index (χ2v) is 10.5. The average molecular weight is 550 g/mol. The van der Waals surface area contributed by atoms with Crippen molar-refractivity contribution in [2.45, 2.75) is 45.1 Å². The highest BCUT2D eigenvalue weighted by molar-refractivity contribution is 9.10. The molecule has 2 heterocycles. The summed E-state index contributed by atoms with van der Waals surface area (Å²) in [5, 5.41) is 10.1. The van der Waals surface area contributed by atoms with Crippen LogP contribution in [0.4, 0.5) is 0 Å². The molecule has 6 nitrogen and oxygen atoms in total. The number of aryl methyl sites for hydroxylation is 2. The fraction of sp³-hybridized carbons (Fsp3) is 0.296. The molecule has 1 aliphatic rings. The molecule has 5 rings (SSSR count). The van der Waals surface area contributed by atoms with Crippen molar-refractivity contribution in [1.29, 1.82) is 5.26 Å². The molecule has 0 spiro atoms. The van der Waals surface area contributed by atoms with Crippen molar-refractivity contribution in [3.8, 4) is 29.0 Å². The molecular weight excluding hydrogens is 526 g/mol. The van der Waals surface area contributed by atoms with Gasteiger partial charge in [0.2, 0.25) is 0 Å². The van der Waals surface area contributed by atoms with Crippen LogP contribution in [0.15, 0.2) is 45.7 Å². The number of nitrogens with one attached hydrogen (secondary N) is 1. The fourth-order valence-electron chi connectivity index (χ4n) is 4.54. The number of H-pyrrole nitrogens is 1. The lowest BCUT2D eigenvalue weighted by molar-refractivity contribution is 0.284. The first-order chi connectivity index (χ1) is 17.1. The molecular formula is C27H24BrN3O3S. The normalized spacial score (nSPS) is 13.5. The van der Waals surface area contributed by atoms with E-state index in [1.807, 2.05) is 24.3 Å². The lowest BCUT2D eigenvalue weighted by Crippen LogP contribution is -2.11. The molecule has 0 bridgehead atoms. The molecule has 4 aromatic rings. The Morgan fingerprint density at radius 1 is 1.14 bits per heavy atom. The van der Waals surface area contributed by atoms with E-state index in [9.17, 15) is 10.1 Å². The molecule has 0 amide bonds. The van der Waals surface area contributed by atoms with Gasteiger partial charge in [0, 0.05) is 20.5 Å². The summed E-state index contributed by atoms with van der Waals surface area (Å²) in [6.45, 7) is 0.230. The van der Waals surface area contributed by atoms with E-state index in [2.05, 4.69) is 27.0 Å². The van der Waals surface area contributed by atoms with Crippen LogP contribution < -0.4 is 15.0 Å². The summed E-state index contributed by atoms with van der Waals surface area (Å²) in [7, 11) is 1.57. The zero-order valence-corrected chi connectivity index (χ0v) is 21.7. The number of thiophene rings is 1. The molecule has 1 aliphatic carbocycles. The summed E-state index contributed by atoms with van der Waals surface area (Å²) in [5.41, 5.74) is 3.17. The number of hydrogen-bond acceptors (Lipinski definition) is 6. The Labute approximate surface area is 215 Å². The van der Waals surface area contributed by atoms with Gasteiger partial charge in [0.1, 0.15) is 17.3 Å². The van der Waals surface area contributed by atoms with Crippen molar-refractivity contribution < 1.29 is 9.47 Å². The van der Waals surface area contributed by atoms with E-state index in [1.54, 1.807) is 30.6 Å². The van der Waals surface area contributed by atoms with Crippen LogP contribution in [0.3, 0.4) is 0 Å². The lowest BCUT2D eigenvalue weighted by atomic mass is 9.98. The maximum Gasteiger partial charge on any atom is 0.260 e. The first-order valence-electron chi connectivity index (χ1n) is 11.6. The number of ether oxygens (including phenoxy) is 2. The predicted octanol–water partition coefficient (Wildman–Crippen LogP) is 6.53. The Morgan fingerprint density at radius 2 is 1.94 bits per heavy atom. The van der Waals surface area contributed by atoms with E-state index in [-0.39, 0.29) is 12.2 Å². The van der Waals surface area contributed by atoms with Gasteiger partial charge < -0.3 is 14.5 Å². The molecule has 2 aromatic heterocycles. The zero-order valence-electron chi connectivity index (χ0n) is 19.3. The smallest absolute Gasteiger partial charge is 0.260 e. The number of halogens is 1. The van der Waals surface area contributed by atoms with Crippen molar-refractivity contribution in [3.05, 3.63) is 72.8 Å². The number of nitriles is 1. The highest BCUT2D eigenvalue weighted by Gasteiger charge is 2.20. The largest absolute Gasteiger partial charge is 0.493 e. The van der Waals surface area contributed by atoms with Crippen LogP contribution in [0.25, 0.3) is 21.6 Å². The third-order valence-electron chi connectivity index (χ3n) is 6.35. The van der Waals surface area contributed by atoms with Gasteiger partial charge in [-0.2, -0.15) is 5.26 Å². The zero-order chi connectivity index (χ0) is 24.4. The van der Waals surface area contributed by atoms with Crippen LogP contribution in [0.5, 0.6) is 11.5 Å². The maximum atomic E-state index is 13.2. The van der Waals surface area contributed by atoms with Gasteiger partial charge in [0.15, 0.2) is 11.5 Å². The predicted molar refractivity (Wildman–Crippen MR) is 141 cm³/mol. The average Bonchev–Trinajstić information content (AvgIpc) is 3.19. The fourth-order valence-corrected chi connectivity index (χ4v) is 6.32. The topological polar surface area (TPSA) is 88.0 Å². The molecule has 35 heavy (non-hydrogen) atoms. The van der Waals surface area contributed by atoms with Gasteiger partial charge in [-0.25, -0.2) is 4.98 Å². The van der Waals surface area contributed by atoms with E-state index < -0.39 is 0 Å². The van der Waals surface area contributed by atoms with Crippen molar-refractivity contribution >= 4 is 37.5 Å². The number of methoxy groups -OCH3 is 1. The Balaban J connectivity index is 1.50. The highest BCUT2D eigenvalue weighted by atomic mass is 79.9. The summed E-state index contributed by atoms with van der Waals surface area (Å²) < 4.78 is 12.3. The van der Waals surface area contributed by atoms with Crippen LogP contribution in [-0.2, 0) is 19.4 Å². The SMILES string of the molecule is COc1cc(-c2nc3sc4c(c3c(=O)[nH]2)CCCCCC4)c(Br)cc1OCc1ccccc1C#N. The highest BCUT2D eigenvalue weighted by Crippen LogP contribution is 2.39. The number of fused-ring (bicyclic) bond motifs is 3. The van der Waals surface area contributed by atoms with E-state index in [1.165, 1.54) is 23.3 Å². The van der Waals surface area contributed by atoms with E-state index in [0.29, 0.717) is 28.5 Å². The molecule has 1 N–H and O–H groups in total. The third kappa shape index (κ3) is 4.71. The van der Waals surface area contributed by atoms with Gasteiger partial charge in [0.05, 0.1) is 24.1 Å². The Bertz CT molecular complexity index is 1500. The van der Waals surface area contributed by atoms with Crippen molar-refractivity contribution in [1.82, 2.24) is 9.97 Å². The Morgan fingerprint density at radius 3 is 2.74 bits per heavy atom. The quantitative estimate of drug-likeness (QED) is 0.305. The first kappa shape index (κ1) is 23.6. The monoisotopic (exact) mass is 549 g/mol. The van der Waals surface area contributed by atoms with Crippen LogP contribution in [0.1, 0.15) is 47.3 Å². The number of benzene rings is 2. The number of nitrogens with zero attached hydrogens (tertiary/aromatic N) is 2. The lowest BCUT2D eigenvalue weighted by Gasteiger charge is -2.14. The Kier molecular flexibility index (Phi) is 6.89. The molecule has 0 atom stereocenters. The standard InChI is InChI=1S/C27H24BrN3O3S/c1-33-21-12-19(20(28)13-22(21)34-15-17-9-7-6-8-16(17)14-29)25-30-26(32)24-18-10-4-2-3-5-11-23(18)35-27(24)31-25/h6-9,12-13H,2-5,10-11,15H2,1H3,(H,30,31,32). The van der Waals surface area contributed by atoms with Gasteiger partial charge >= 0.3 is 0 Å². The van der Waals surface area contributed by atoms with Crippen molar-refractivity contribution in [3.63, 3.8) is 0 Å². The maximum absolute atomic E-state index is 13.2. The van der Waals surface area contributed by atoms with Crippen molar-refractivity contribution in [2.24, 2.45) is 0 Å². The van der Waals surface area contributed by atoms with E-state index in [0.717, 1.165) is 45.9 Å². The van der Waals surface area contributed by atoms with Crippen LogP contribution in [-0.4, -0.2) is 17.1 Å². The van der Waals surface area contributed by atoms with Gasteiger partial charge in [-0.3, -0.25) is 4.79 Å². The molecule has 2 aromatic carbocycles. The molecule has 178 valence electrons. The molecule has 0 aliphatic heterocycles. The van der Waals surface area contributed by atoms with Gasteiger partial charge in [-0.1, -0.05) is 31.0 Å². The third-order valence-corrected chi connectivity index (χ3v) is 8.20. The second-order valence-electron chi connectivity index (χ2n) is 8.55. The van der Waals surface area contributed by atoms with E-state index in [4.69, 9.17) is 14.5 Å². The number of rotatable bonds is 5. The van der Waals surface area contributed by atoms with E-state index >= 15 is 0 Å². The number of hydrogen-bond donors (Lipinski definition) is 1. The van der Waals surface area contributed by atoms with Crippen molar-refractivity contribution in [2.75, 3.05) is 7.11 Å². The minimum absolute atomic E-state index is 0.0950. The van der Waals surface area contributed by atoms with Gasteiger partial charge in [0.25, 0.3) is 5.56 Å². The summed E-state index contributed by atoms with van der Waals surface area (Å²) >= 11 is 5.27. The summed E-state index contributed by atoms with van der Waals surface area (Å²) in [6, 6.07) is 13.1. The molecule has 0 saturated heterocycles. The van der Waals surface area contributed by atoms with Gasteiger partial charge in [-0.15, -0.1) is 11.3 Å². The molecule has 0 fully saturated rings. The van der Waals surface area contributed by atoms with Crippen LogP contribution in [0, 0.1) is 11.3 Å². The van der Waals surface area contributed by atoms with Crippen LogP contribution in [0.2, 0.25) is 0 Å². The molecule has 0 unspecified atom stereocenters. The number of aromatic amines is 1. The second kappa shape index (κ2) is 10.2. The Hall–Kier alpha value is -3.15. The number of aromatic nitrogens is 2. The van der Waals surface area contributed by atoms with Gasteiger partial charge in [-0.05, 0) is 65.4 Å². The summed E-state index contributed by atoms with van der Waals surface area (Å²) in [4.78, 5) is 23.1. The molecule has 0 saturated carbocycles. The molecule has 0 radical (unpaired) electrons. The summed E-state index contributed by atoms with van der Waals surface area (Å²) in [5.74, 6) is 1.53. The van der Waals surface area contributed by atoms with Crippen LogP contribution >= 0.6 is 27.3 Å². The minimum Gasteiger partial charge on any atom is -0.493 e. The first-order valence-corrected chi connectivity index (χ1v) is 13.2. The summed E-state index contributed by atoms with van der Waals surface area (Å²) in [6.07, 6.45) is 6.69. The minimum atomic E-state index is -0.0950.